The Morgan fingerprint density at radius 1 is 1.04 bits per heavy atom. The zero-order chi connectivity index (χ0) is 18.8. The van der Waals surface area contributed by atoms with Gasteiger partial charge in [-0.25, -0.2) is 0 Å². The summed E-state index contributed by atoms with van der Waals surface area (Å²) in [5.41, 5.74) is 0.893. The fourth-order valence-corrected chi connectivity index (χ4v) is 3.60. The van der Waals surface area contributed by atoms with Gasteiger partial charge in [-0.05, 0) is 53.7 Å². The second-order valence-corrected chi connectivity index (χ2v) is 7.56. The monoisotopic (exact) mass is 425 g/mol. The van der Waals surface area contributed by atoms with Gasteiger partial charge in [0.1, 0.15) is 0 Å². The molecular weight excluding hydrogens is 417 g/mol. The Hall–Kier alpha value is -1.79. The van der Waals surface area contributed by atoms with Gasteiger partial charge >= 0.3 is 0 Å². The molecule has 26 heavy (non-hydrogen) atoms. The lowest BCUT2D eigenvalue weighted by Gasteiger charge is -2.11. The van der Waals surface area contributed by atoms with Crippen LogP contribution in [-0.2, 0) is 4.79 Å². The Morgan fingerprint density at radius 2 is 1.73 bits per heavy atom. The smallest absolute Gasteiger partial charge is 0.292 e. The molecule has 2 aromatic rings. The van der Waals surface area contributed by atoms with Crippen molar-refractivity contribution in [3.63, 3.8) is 0 Å². The molecule has 1 aliphatic heterocycles. The molecule has 0 saturated carbocycles. The van der Waals surface area contributed by atoms with E-state index in [0.29, 0.717) is 26.2 Å². The molecular formula is C18H10Cl3NO3S. The molecule has 0 bridgehead atoms. The fourth-order valence-electron chi connectivity index (χ4n) is 2.28. The van der Waals surface area contributed by atoms with E-state index in [1.54, 1.807) is 42.5 Å². The third-order valence-corrected chi connectivity index (χ3v) is 5.60. The van der Waals surface area contributed by atoms with Crippen LogP contribution in [0.3, 0.4) is 0 Å². The lowest BCUT2D eigenvalue weighted by atomic mass is 10.1. The van der Waals surface area contributed by atoms with Gasteiger partial charge in [0.05, 0.1) is 21.5 Å². The summed E-state index contributed by atoms with van der Waals surface area (Å²) in [7, 11) is 0. The van der Waals surface area contributed by atoms with E-state index in [1.807, 2.05) is 0 Å². The summed E-state index contributed by atoms with van der Waals surface area (Å²) in [5, 5.41) is 0.617. The van der Waals surface area contributed by atoms with Crippen LogP contribution in [0.25, 0.3) is 6.08 Å². The summed E-state index contributed by atoms with van der Waals surface area (Å²) in [5.74, 6) is -0.899. The minimum atomic E-state index is -0.543. The zero-order valence-electron chi connectivity index (χ0n) is 13.0. The van der Waals surface area contributed by atoms with E-state index in [-0.39, 0.29) is 17.2 Å². The minimum Gasteiger partial charge on any atom is -0.292 e. The summed E-state index contributed by atoms with van der Waals surface area (Å²) >= 11 is 18.6. The maximum Gasteiger partial charge on any atom is 0.293 e. The van der Waals surface area contributed by atoms with Gasteiger partial charge < -0.3 is 0 Å². The summed E-state index contributed by atoms with van der Waals surface area (Å²) in [4.78, 5) is 38.1. The summed E-state index contributed by atoms with van der Waals surface area (Å²) < 4.78 is 0. The quantitative estimate of drug-likeness (QED) is 0.474. The highest BCUT2D eigenvalue weighted by molar-refractivity contribution is 8.18. The van der Waals surface area contributed by atoms with Crippen molar-refractivity contribution in [3.8, 4) is 0 Å². The second-order valence-electron chi connectivity index (χ2n) is 5.34. The maximum atomic E-state index is 12.5. The zero-order valence-corrected chi connectivity index (χ0v) is 16.1. The van der Waals surface area contributed by atoms with Gasteiger partial charge in [-0.3, -0.25) is 19.3 Å². The highest BCUT2D eigenvalue weighted by atomic mass is 35.5. The van der Waals surface area contributed by atoms with Gasteiger partial charge in [0.2, 0.25) is 0 Å². The molecule has 1 aliphatic rings. The van der Waals surface area contributed by atoms with Crippen LogP contribution in [0.5, 0.6) is 0 Å². The first-order valence-electron chi connectivity index (χ1n) is 7.35. The number of halogens is 3. The molecule has 3 rings (SSSR count). The van der Waals surface area contributed by atoms with E-state index in [0.717, 1.165) is 16.7 Å². The number of rotatable bonds is 4. The Balaban J connectivity index is 1.80. The Morgan fingerprint density at radius 3 is 2.42 bits per heavy atom. The lowest BCUT2D eigenvalue weighted by molar-refractivity contribution is -0.122. The molecule has 0 N–H and O–H groups in total. The molecule has 4 nitrogen and oxygen atoms in total. The molecule has 0 spiro atoms. The maximum absolute atomic E-state index is 12.5. The number of amides is 2. The van der Waals surface area contributed by atoms with Crippen molar-refractivity contribution >= 4 is 69.6 Å². The number of nitrogens with zero attached hydrogens (tertiary/aromatic N) is 1. The van der Waals surface area contributed by atoms with E-state index in [2.05, 4.69) is 0 Å². The normalized spacial score (nSPS) is 15.8. The third kappa shape index (κ3) is 3.96. The van der Waals surface area contributed by atoms with Crippen LogP contribution >= 0.6 is 46.6 Å². The molecule has 0 atom stereocenters. The summed E-state index contributed by atoms with van der Waals surface area (Å²) in [6, 6.07) is 11.2. The van der Waals surface area contributed by atoms with E-state index in [4.69, 9.17) is 34.8 Å². The number of Topliss-reactive ketones (excluding diaryl/α,β-unsaturated/α-hetero) is 1. The molecule has 1 saturated heterocycles. The first-order valence-corrected chi connectivity index (χ1v) is 9.30. The van der Waals surface area contributed by atoms with Crippen LogP contribution in [0.4, 0.5) is 4.79 Å². The Bertz CT molecular complexity index is 941. The number of carbonyl (C=O) groups is 3. The Kier molecular flexibility index (Phi) is 5.73. The van der Waals surface area contributed by atoms with Crippen molar-refractivity contribution in [1.82, 2.24) is 4.90 Å². The number of imide groups is 1. The van der Waals surface area contributed by atoms with Crippen LogP contribution in [0.1, 0.15) is 15.9 Å². The molecule has 132 valence electrons. The SMILES string of the molecule is O=C(CN1C(=O)S/C(=C/c2cccc(Cl)c2Cl)C1=O)c1ccc(Cl)cc1. The van der Waals surface area contributed by atoms with Crippen LogP contribution in [-0.4, -0.2) is 28.4 Å². The van der Waals surface area contributed by atoms with E-state index >= 15 is 0 Å². The number of carbonyl (C=O) groups excluding carboxylic acids is 3. The molecule has 0 radical (unpaired) electrons. The predicted octanol–water partition coefficient (Wildman–Crippen LogP) is 5.57. The van der Waals surface area contributed by atoms with Crippen LogP contribution in [0.15, 0.2) is 47.4 Å². The number of ketones is 1. The minimum absolute atomic E-state index is 0.183. The van der Waals surface area contributed by atoms with Crippen molar-refractivity contribution in [2.45, 2.75) is 0 Å². The first kappa shape index (κ1) is 19.0. The van der Waals surface area contributed by atoms with Crippen LogP contribution in [0.2, 0.25) is 15.1 Å². The topological polar surface area (TPSA) is 54.5 Å². The van der Waals surface area contributed by atoms with Gasteiger partial charge in [-0.2, -0.15) is 0 Å². The highest BCUT2D eigenvalue weighted by Crippen LogP contribution is 2.35. The van der Waals surface area contributed by atoms with E-state index < -0.39 is 11.1 Å². The van der Waals surface area contributed by atoms with Gasteiger partial charge in [-0.1, -0.05) is 46.9 Å². The largest absolute Gasteiger partial charge is 0.293 e. The van der Waals surface area contributed by atoms with Crippen LogP contribution in [0, 0.1) is 0 Å². The van der Waals surface area contributed by atoms with Gasteiger partial charge in [0.15, 0.2) is 5.78 Å². The van der Waals surface area contributed by atoms with Gasteiger partial charge in [0.25, 0.3) is 11.1 Å². The molecule has 2 amide bonds. The molecule has 8 heteroatoms. The second kappa shape index (κ2) is 7.84. The average molecular weight is 427 g/mol. The van der Waals surface area contributed by atoms with Crippen molar-refractivity contribution < 1.29 is 14.4 Å². The highest BCUT2D eigenvalue weighted by Gasteiger charge is 2.36. The number of thioether (sulfide) groups is 1. The molecule has 1 fully saturated rings. The number of benzene rings is 2. The van der Waals surface area contributed by atoms with Crippen molar-refractivity contribution in [3.05, 3.63) is 73.6 Å². The summed E-state index contributed by atoms with van der Waals surface area (Å²) in [6.07, 6.45) is 1.49. The van der Waals surface area contributed by atoms with Gasteiger partial charge in [0, 0.05) is 10.6 Å². The lowest BCUT2D eigenvalue weighted by Crippen LogP contribution is -2.33. The van der Waals surface area contributed by atoms with E-state index in [9.17, 15) is 14.4 Å². The summed E-state index contributed by atoms with van der Waals surface area (Å²) in [6.45, 7) is -0.340. The van der Waals surface area contributed by atoms with Crippen LogP contribution < -0.4 is 0 Å². The van der Waals surface area contributed by atoms with Gasteiger partial charge in [-0.15, -0.1) is 0 Å². The van der Waals surface area contributed by atoms with Crippen molar-refractivity contribution in [2.24, 2.45) is 0 Å². The van der Waals surface area contributed by atoms with Crippen molar-refractivity contribution in [2.75, 3.05) is 6.54 Å². The number of hydrogen-bond donors (Lipinski definition) is 0. The molecule has 0 aromatic heterocycles. The molecule has 1 heterocycles. The predicted molar refractivity (Wildman–Crippen MR) is 105 cm³/mol. The third-order valence-electron chi connectivity index (χ3n) is 3.61. The van der Waals surface area contributed by atoms with E-state index in [1.165, 1.54) is 6.08 Å². The number of hydrogen-bond acceptors (Lipinski definition) is 4. The molecule has 2 aromatic carbocycles. The fraction of sp³-hybridized carbons (Fsp3) is 0.0556. The van der Waals surface area contributed by atoms with Crippen molar-refractivity contribution in [1.29, 1.82) is 0 Å². The Labute approximate surface area is 168 Å². The molecule has 0 unspecified atom stereocenters. The molecule has 0 aliphatic carbocycles. The first-order chi connectivity index (χ1) is 12.4. The standard InChI is InChI=1S/C18H10Cl3NO3S/c19-12-6-4-10(5-7-12)14(23)9-22-17(24)15(26-18(22)25)8-11-2-1-3-13(20)16(11)21/h1-8H,9H2/b15-8+. The average Bonchev–Trinajstić information content (AvgIpc) is 2.87.